The Balaban J connectivity index is 1.53. The van der Waals surface area contributed by atoms with Gasteiger partial charge in [0.25, 0.3) is 5.91 Å². The second-order valence-electron chi connectivity index (χ2n) is 11.2. The van der Waals surface area contributed by atoms with Gasteiger partial charge in [-0.3, -0.25) is 24.2 Å². The Morgan fingerprint density at radius 2 is 1.81 bits per heavy atom. The average molecular weight is 580 g/mol. The molecule has 0 saturated carbocycles. The zero-order valence-corrected chi connectivity index (χ0v) is 24.7. The molecular formula is C31H41N5O6. The van der Waals surface area contributed by atoms with Crippen molar-refractivity contribution in [3.05, 3.63) is 47.7 Å². The molecule has 2 aliphatic rings. The van der Waals surface area contributed by atoms with E-state index in [0.717, 1.165) is 16.5 Å². The van der Waals surface area contributed by atoms with Crippen molar-refractivity contribution in [3.63, 3.8) is 0 Å². The van der Waals surface area contributed by atoms with E-state index in [2.05, 4.69) is 16.1 Å². The molecular weight excluding hydrogens is 538 g/mol. The number of amides is 3. The van der Waals surface area contributed by atoms with Crippen LogP contribution in [0.4, 0.5) is 0 Å². The minimum Gasteiger partial charge on any atom is -0.455 e. The largest absolute Gasteiger partial charge is 0.455 e. The molecule has 2 aromatic rings. The average Bonchev–Trinajstić information content (AvgIpc) is 2.97. The van der Waals surface area contributed by atoms with E-state index in [0.29, 0.717) is 38.1 Å². The van der Waals surface area contributed by atoms with Crippen molar-refractivity contribution in [2.75, 3.05) is 19.8 Å². The van der Waals surface area contributed by atoms with E-state index < -0.39 is 36.1 Å². The number of hydrogen-bond acceptors (Lipinski definition) is 8. The standard InChI is InChI=1S/C31H41N5O6/c1-19(2)28-29(38)32-20(3)30(39)36-15-7-9-25(35-36)31(40)42-21(4)24-13-12-23-11-10-22(18-26(23)33-24)8-5-6-16-41-17-14-27(37)34-28/h5,8,10-13,18-21,25,28,35H,6-7,9,14-17H2,1-4H3,(H,32,38)(H,34,37)/b8-5+/t20-,21+,25-,28-/m0/s1. The molecule has 11 heteroatoms. The van der Waals surface area contributed by atoms with E-state index in [1.54, 1.807) is 13.8 Å². The normalized spacial score (nSPS) is 26.4. The van der Waals surface area contributed by atoms with Crippen LogP contribution in [0.1, 0.15) is 70.7 Å². The van der Waals surface area contributed by atoms with Crippen molar-refractivity contribution >= 4 is 40.7 Å². The van der Waals surface area contributed by atoms with Gasteiger partial charge in [0, 0.05) is 18.4 Å². The van der Waals surface area contributed by atoms with Gasteiger partial charge in [-0.25, -0.2) is 10.4 Å². The van der Waals surface area contributed by atoms with Crippen LogP contribution < -0.4 is 16.1 Å². The van der Waals surface area contributed by atoms with Crippen molar-refractivity contribution in [2.45, 2.75) is 77.6 Å². The van der Waals surface area contributed by atoms with E-state index in [9.17, 15) is 19.2 Å². The van der Waals surface area contributed by atoms with E-state index in [1.807, 2.05) is 56.3 Å². The molecule has 2 aliphatic heterocycles. The number of cyclic esters (lactones) is 1. The molecule has 5 bridgehead atoms. The monoisotopic (exact) mass is 579 g/mol. The first-order valence-corrected chi connectivity index (χ1v) is 14.6. The van der Waals surface area contributed by atoms with Crippen LogP contribution in [0.5, 0.6) is 0 Å². The molecule has 0 aliphatic carbocycles. The maximum absolute atomic E-state index is 13.2. The summed E-state index contributed by atoms with van der Waals surface area (Å²) in [6.07, 6.45) is 5.26. The van der Waals surface area contributed by atoms with Crippen LogP contribution in [0.25, 0.3) is 17.0 Å². The van der Waals surface area contributed by atoms with Gasteiger partial charge in [-0.2, -0.15) is 0 Å². The highest BCUT2D eigenvalue weighted by Crippen LogP contribution is 2.22. The summed E-state index contributed by atoms with van der Waals surface area (Å²) in [5.41, 5.74) is 5.36. The number of rotatable bonds is 1. The maximum atomic E-state index is 13.2. The highest BCUT2D eigenvalue weighted by molar-refractivity contribution is 5.92. The van der Waals surface area contributed by atoms with E-state index in [-0.39, 0.29) is 30.8 Å². The van der Waals surface area contributed by atoms with Gasteiger partial charge in [0.15, 0.2) is 0 Å². The summed E-state index contributed by atoms with van der Waals surface area (Å²) < 4.78 is 11.4. The van der Waals surface area contributed by atoms with Crippen LogP contribution in [0.15, 0.2) is 36.4 Å². The van der Waals surface area contributed by atoms with Crippen LogP contribution in [-0.4, -0.2) is 71.6 Å². The molecule has 1 aromatic heterocycles. The number of benzene rings is 1. The Morgan fingerprint density at radius 3 is 2.60 bits per heavy atom. The van der Waals surface area contributed by atoms with Crippen LogP contribution in [0.3, 0.4) is 0 Å². The molecule has 0 unspecified atom stereocenters. The third-order valence-electron chi connectivity index (χ3n) is 7.39. The Labute approximate surface area is 246 Å². The molecule has 0 radical (unpaired) electrons. The first-order chi connectivity index (χ1) is 20.1. The summed E-state index contributed by atoms with van der Waals surface area (Å²) in [7, 11) is 0. The summed E-state index contributed by atoms with van der Waals surface area (Å²) in [4.78, 5) is 56.6. The molecule has 0 spiro atoms. The third-order valence-corrected chi connectivity index (χ3v) is 7.39. The Hall–Kier alpha value is -3.83. The van der Waals surface area contributed by atoms with Crippen molar-refractivity contribution in [1.82, 2.24) is 26.1 Å². The molecule has 3 N–H and O–H groups in total. The van der Waals surface area contributed by atoms with Gasteiger partial charge in [-0.05, 0) is 56.7 Å². The fourth-order valence-electron chi connectivity index (χ4n) is 4.93. The van der Waals surface area contributed by atoms with Crippen molar-refractivity contribution in [3.8, 4) is 0 Å². The lowest BCUT2D eigenvalue weighted by Crippen LogP contribution is -2.61. The van der Waals surface area contributed by atoms with Crippen molar-refractivity contribution in [2.24, 2.45) is 5.92 Å². The third kappa shape index (κ3) is 8.13. The molecule has 226 valence electrons. The fraction of sp³-hybridized carbons (Fsp3) is 0.516. The minimum absolute atomic E-state index is 0.112. The molecule has 11 nitrogen and oxygen atoms in total. The van der Waals surface area contributed by atoms with Crippen LogP contribution in [0, 0.1) is 5.92 Å². The lowest BCUT2D eigenvalue weighted by atomic mass is 10.0. The quantitative estimate of drug-likeness (QED) is 0.439. The number of pyridine rings is 1. The fourth-order valence-corrected chi connectivity index (χ4v) is 4.93. The molecule has 1 fully saturated rings. The first-order valence-electron chi connectivity index (χ1n) is 14.6. The van der Waals surface area contributed by atoms with Gasteiger partial charge in [-0.1, -0.05) is 44.2 Å². The number of fused-ring (bicyclic) bond motifs is 4. The molecule has 1 aromatic carbocycles. The van der Waals surface area contributed by atoms with Crippen LogP contribution in [0.2, 0.25) is 0 Å². The predicted molar refractivity (Wildman–Crippen MR) is 158 cm³/mol. The number of carbonyl (C=O) groups is 4. The second-order valence-corrected chi connectivity index (χ2v) is 11.2. The molecule has 4 atom stereocenters. The number of carbonyl (C=O) groups excluding carboxylic acids is 4. The number of aromatic nitrogens is 1. The molecule has 4 rings (SSSR count). The SMILES string of the molecule is CC(C)[C@@H]1NC(=O)CCOCC/C=C/c2ccc3ccc(nc3c2)[C@@H](C)OC(=O)[C@@H]2CCCN(N2)C(=O)[C@H](C)NC1=O. The number of hydrogen-bond donors (Lipinski definition) is 3. The number of nitrogens with zero attached hydrogens (tertiary/aromatic N) is 2. The molecule has 3 amide bonds. The Kier molecular flexibility index (Phi) is 10.6. The zero-order valence-electron chi connectivity index (χ0n) is 24.7. The van der Waals surface area contributed by atoms with Crippen LogP contribution >= 0.6 is 0 Å². The lowest BCUT2D eigenvalue weighted by Gasteiger charge is -2.35. The number of ether oxygens (including phenoxy) is 2. The molecule has 42 heavy (non-hydrogen) atoms. The van der Waals surface area contributed by atoms with Gasteiger partial charge in [-0.15, -0.1) is 0 Å². The van der Waals surface area contributed by atoms with Crippen molar-refractivity contribution < 1.29 is 28.7 Å². The number of hydrazine groups is 1. The summed E-state index contributed by atoms with van der Waals surface area (Å²) in [6, 6.07) is 7.36. The minimum atomic E-state index is -0.880. The number of esters is 1. The summed E-state index contributed by atoms with van der Waals surface area (Å²) in [5.74, 6) is -1.83. The lowest BCUT2D eigenvalue weighted by molar-refractivity contribution is -0.157. The highest BCUT2D eigenvalue weighted by atomic mass is 16.5. The van der Waals surface area contributed by atoms with Gasteiger partial charge in [0.05, 0.1) is 24.4 Å². The van der Waals surface area contributed by atoms with E-state index >= 15 is 0 Å². The van der Waals surface area contributed by atoms with Gasteiger partial charge >= 0.3 is 5.97 Å². The van der Waals surface area contributed by atoms with Gasteiger partial charge < -0.3 is 20.1 Å². The molecule has 3 heterocycles. The molecule has 1 saturated heterocycles. The highest BCUT2D eigenvalue weighted by Gasteiger charge is 2.33. The van der Waals surface area contributed by atoms with Crippen LogP contribution in [-0.2, 0) is 28.7 Å². The maximum Gasteiger partial charge on any atom is 0.325 e. The van der Waals surface area contributed by atoms with E-state index in [4.69, 9.17) is 14.5 Å². The summed E-state index contributed by atoms with van der Waals surface area (Å²) >= 11 is 0. The predicted octanol–water partition coefficient (Wildman–Crippen LogP) is 2.80. The summed E-state index contributed by atoms with van der Waals surface area (Å²) in [5, 5.41) is 7.81. The second kappa shape index (κ2) is 14.4. The van der Waals surface area contributed by atoms with E-state index in [1.165, 1.54) is 5.01 Å². The number of nitrogens with one attached hydrogen (secondary N) is 3. The van der Waals surface area contributed by atoms with Gasteiger partial charge in [0.1, 0.15) is 24.2 Å². The Morgan fingerprint density at radius 1 is 1.02 bits per heavy atom. The van der Waals surface area contributed by atoms with Gasteiger partial charge in [0.2, 0.25) is 11.8 Å². The topological polar surface area (TPSA) is 139 Å². The summed E-state index contributed by atoms with van der Waals surface area (Å²) in [6.45, 7) is 8.05. The first kappa shape index (κ1) is 31.1. The Bertz CT molecular complexity index is 1330. The zero-order chi connectivity index (χ0) is 30.2. The smallest absolute Gasteiger partial charge is 0.325 e. The van der Waals surface area contributed by atoms with Crippen molar-refractivity contribution in [1.29, 1.82) is 0 Å².